The van der Waals surface area contributed by atoms with Crippen LogP contribution in [0.1, 0.15) is 24.2 Å². The number of fused-ring (bicyclic) bond motifs is 2. The SMILES string of the molecule is CC(NC(=O)Cc1noc2ccccc12)c1ccc2[nH]c(=O)oc2c1. The minimum absolute atomic E-state index is 0.128. The van der Waals surface area contributed by atoms with Crippen LogP contribution in [0.15, 0.2) is 56.2 Å². The number of nitrogens with one attached hydrogen (secondary N) is 2. The van der Waals surface area contributed by atoms with Gasteiger partial charge in [-0.25, -0.2) is 4.79 Å². The molecule has 0 fully saturated rings. The second-order valence-electron chi connectivity index (χ2n) is 5.86. The summed E-state index contributed by atoms with van der Waals surface area (Å²) < 4.78 is 10.3. The fraction of sp³-hybridized carbons (Fsp3) is 0.167. The maximum Gasteiger partial charge on any atom is 0.417 e. The molecule has 0 spiro atoms. The molecule has 2 aromatic heterocycles. The van der Waals surface area contributed by atoms with E-state index in [1.54, 1.807) is 12.1 Å². The molecule has 1 amide bonds. The largest absolute Gasteiger partial charge is 0.417 e. The molecule has 1 atom stereocenters. The summed E-state index contributed by atoms with van der Waals surface area (Å²) in [5, 5.41) is 7.72. The Hall–Kier alpha value is -3.35. The van der Waals surface area contributed by atoms with Gasteiger partial charge >= 0.3 is 5.76 Å². The number of benzene rings is 2. The lowest BCUT2D eigenvalue weighted by Crippen LogP contribution is -2.28. The number of oxazole rings is 1. The van der Waals surface area contributed by atoms with Crippen LogP contribution in [0.2, 0.25) is 0 Å². The van der Waals surface area contributed by atoms with Crippen molar-refractivity contribution in [2.45, 2.75) is 19.4 Å². The fourth-order valence-corrected chi connectivity index (χ4v) is 2.82. The van der Waals surface area contributed by atoms with Gasteiger partial charge in [-0.1, -0.05) is 23.4 Å². The maximum atomic E-state index is 12.3. The van der Waals surface area contributed by atoms with Crippen LogP contribution in [0.5, 0.6) is 0 Å². The fourth-order valence-electron chi connectivity index (χ4n) is 2.82. The Kier molecular flexibility index (Phi) is 3.61. The van der Waals surface area contributed by atoms with Crippen LogP contribution in [0.4, 0.5) is 0 Å². The summed E-state index contributed by atoms with van der Waals surface area (Å²) >= 11 is 0. The molecule has 7 heteroatoms. The molecule has 0 aliphatic rings. The van der Waals surface area contributed by atoms with Crippen LogP contribution < -0.4 is 11.1 Å². The first kappa shape index (κ1) is 15.2. The van der Waals surface area contributed by atoms with E-state index in [0.717, 1.165) is 10.9 Å². The molecule has 0 aliphatic carbocycles. The third kappa shape index (κ3) is 2.91. The van der Waals surface area contributed by atoms with E-state index >= 15 is 0 Å². The Morgan fingerprint density at radius 1 is 1.24 bits per heavy atom. The molecule has 2 aromatic carbocycles. The zero-order valence-corrected chi connectivity index (χ0v) is 13.4. The third-order valence-electron chi connectivity index (χ3n) is 4.10. The number of hydrogen-bond donors (Lipinski definition) is 2. The van der Waals surface area contributed by atoms with Crippen molar-refractivity contribution in [3.8, 4) is 0 Å². The van der Waals surface area contributed by atoms with Crippen LogP contribution in [-0.4, -0.2) is 16.0 Å². The summed E-state index contributed by atoms with van der Waals surface area (Å²) in [6, 6.07) is 12.5. The molecule has 0 aliphatic heterocycles. The Bertz CT molecular complexity index is 1120. The first-order chi connectivity index (χ1) is 12.1. The molecule has 1 unspecified atom stereocenters. The van der Waals surface area contributed by atoms with Crippen LogP contribution in [0.3, 0.4) is 0 Å². The highest BCUT2D eigenvalue weighted by Crippen LogP contribution is 2.20. The van der Waals surface area contributed by atoms with Crippen molar-refractivity contribution >= 4 is 28.0 Å². The molecule has 0 saturated carbocycles. The topological polar surface area (TPSA) is 101 Å². The maximum absolute atomic E-state index is 12.3. The number of H-pyrrole nitrogens is 1. The summed E-state index contributed by atoms with van der Waals surface area (Å²) in [4.78, 5) is 26.1. The second-order valence-corrected chi connectivity index (χ2v) is 5.86. The smallest absolute Gasteiger partial charge is 0.408 e. The van der Waals surface area contributed by atoms with Crippen LogP contribution in [0, 0.1) is 0 Å². The number of hydrogen-bond acceptors (Lipinski definition) is 5. The highest BCUT2D eigenvalue weighted by atomic mass is 16.5. The number of rotatable bonds is 4. The van der Waals surface area contributed by atoms with Crippen LogP contribution in [-0.2, 0) is 11.2 Å². The molecule has 0 saturated heterocycles. The Morgan fingerprint density at radius 3 is 2.96 bits per heavy atom. The van der Waals surface area contributed by atoms with E-state index in [4.69, 9.17) is 8.94 Å². The molecule has 0 bridgehead atoms. The normalized spacial score (nSPS) is 12.5. The molecule has 0 radical (unpaired) electrons. The summed E-state index contributed by atoms with van der Waals surface area (Å²) in [5.74, 6) is -0.663. The van der Waals surface area contributed by atoms with E-state index in [0.29, 0.717) is 22.4 Å². The molecule has 7 nitrogen and oxygen atoms in total. The number of para-hydroxylation sites is 1. The van der Waals surface area contributed by atoms with Gasteiger partial charge in [0.15, 0.2) is 11.2 Å². The van der Waals surface area contributed by atoms with Gasteiger partial charge in [-0.3, -0.25) is 9.78 Å². The van der Waals surface area contributed by atoms with Crippen molar-refractivity contribution in [2.75, 3.05) is 0 Å². The Morgan fingerprint density at radius 2 is 2.08 bits per heavy atom. The van der Waals surface area contributed by atoms with Crippen LogP contribution in [0.25, 0.3) is 22.1 Å². The van der Waals surface area contributed by atoms with Gasteiger partial charge in [0.1, 0.15) is 5.69 Å². The van der Waals surface area contributed by atoms with Gasteiger partial charge in [0, 0.05) is 5.39 Å². The van der Waals surface area contributed by atoms with Gasteiger partial charge in [-0.05, 0) is 36.8 Å². The number of aromatic nitrogens is 2. The quantitative estimate of drug-likeness (QED) is 0.596. The summed E-state index contributed by atoms with van der Waals surface area (Å²) in [7, 11) is 0. The molecule has 126 valence electrons. The van der Waals surface area contributed by atoms with Gasteiger partial charge in [0.25, 0.3) is 0 Å². The van der Waals surface area contributed by atoms with Crippen molar-refractivity contribution in [1.29, 1.82) is 0 Å². The number of carbonyl (C=O) groups is 1. The lowest BCUT2D eigenvalue weighted by atomic mass is 10.1. The second kappa shape index (κ2) is 5.94. The van der Waals surface area contributed by atoms with Gasteiger partial charge < -0.3 is 14.3 Å². The standard InChI is InChI=1S/C18H15N3O4/c1-10(11-6-7-13-16(8-11)24-18(23)20-13)19-17(22)9-14-12-4-2-3-5-15(12)25-21-14/h2-8,10H,9H2,1H3,(H,19,22)(H,20,23). The van der Waals surface area contributed by atoms with Crippen molar-refractivity contribution in [3.05, 3.63) is 64.3 Å². The lowest BCUT2D eigenvalue weighted by molar-refractivity contribution is -0.121. The van der Waals surface area contributed by atoms with E-state index < -0.39 is 5.76 Å². The minimum Gasteiger partial charge on any atom is -0.408 e. The number of carbonyl (C=O) groups excluding carboxylic acids is 1. The molecule has 4 rings (SSSR count). The van der Waals surface area contributed by atoms with Crippen molar-refractivity contribution in [3.63, 3.8) is 0 Å². The lowest BCUT2D eigenvalue weighted by Gasteiger charge is -2.13. The van der Waals surface area contributed by atoms with Crippen molar-refractivity contribution in [1.82, 2.24) is 15.5 Å². The Labute approximate surface area is 141 Å². The first-order valence-corrected chi connectivity index (χ1v) is 7.85. The van der Waals surface area contributed by atoms with Crippen LogP contribution >= 0.6 is 0 Å². The summed E-state index contributed by atoms with van der Waals surface area (Å²) in [5.41, 5.74) is 3.19. The van der Waals surface area contributed by atoms with E-state index in [-0.39, 0.29) is 18.4 Å². The van der Waals surface area contributed by atoms with E-state index in [9.17, 15) is 9.59 Å². The molecule has 2 heterocycles. The highest BCUT2D eigenvalue weighted by Gasteiger charge is 2.15. The monoisotopic (exact) mass is 337 g/mol. The zero-order chi connectivity index (χ0) is 17.4. The summed E-state index contributed by atoms with van der Waals surface area (Å²) in [6.07, 6.45) is 0.128. The number of nitrogens with zero attached hydrogens (tertiary/aromatic N) is 1. The van der Waals surface area contributed by atoms with E-state index in [2.05, 4.69) is 15.5 Å². The summed E-state index contributed by atoms with van der Waals surface area (Å²) in [6.45, 7) is 1.87. The van der Waals surface area contributed by atoms with Crippen molar-refractivity contribution < 1.29 is 13.7 Å². The predicted molar refractivity (Wildman–Crippen MR) is 91.1 cm³/mol. The first-order valence-electron chi connectivity index (χ1n) is 7.85. The Balaban J connectivity index is 1.50. The van der Waals surface area contributed by atoms with Gasteiger partial charge in [-0.2, -0.15) is 0 Å². The molecule has 25 heavy (non-hydrogen) atoms. The molecule has 4 aromatic rings. The van der Waals surface area contributed by atoms with E-state index in [1.165, 1.54) is 0 Å². The zero-order valence-electron chi connectivity index (χ0n) is 13.4. The minimum atomic E-state index is -0.498. The van der Waals surface area contributed by atoms with E-state index in [1.807, 2.05) is 37.3 Å². The third-order valence-corrected chi connectivity index (χ3v) is 4.10. The average molecular weight is 337 g/mol. The molecule has 2 N–H and O–H groups in total. The van der Waals surface area contributed by atoms with Gasteiger partial charge in [-0.15, -0.1) is 0 Å². The van der Waals surface area contributed by atoms with Crippen molar-refractivity contribution in [2.24, 2.45) is 0 Å². The molecular weight excluding hydrogens is 322 g/mol. The average Bonchev–Trinajstić information content (AvgIpc) is 3.16. The number of aromatic amines is 1. The predicted octanol–water partition coefficient (Wildman–Crippen LogP) is 2.68. The number of amides is 1. The van der Waals surface area contributed by atoms with Gasteiger partial charge in [0.05, 0.1) is 18.0 Å². The highest BCUT2D eigenvalue weighted by molar-refractivity contribution is 5.86. The molecular formula is C18H15N3O4. The van der Waals surface area contributed by atoms with Gasteiger partial charge in [0.2, 0.25) is 5.91 Å².